The first kappa shape index (κ1) is 27.9. The molecule has 6 heteroatoms. The zero-order valence-corrected chi connectivity index (χ0v) is 28.7. The second-order valence-electron chi connectivity index (χ2n) is 15.1. The third-order valence-corrected chi connectivity index (χ3v) is 11.2. The molecular formula is C44H35N5O+2. The molecule has 6 nitrogen and oxygen atoms in total. The van der Waals surface area contributed by atoms with E-state index < -0.39 is 5.66 Å². The van der Waals surface area contributed by atoms with E-state index in [0.717, 1.165) is 34.1 Å². The van der Waals surface area contributed by atoms with Crippen LogP contribution in [0, 0.1) is 13.8 Å². The molecule has 1 atom stereocenters. The van der Waals surface area contributed by atoms with Crippen LogP contribution in [-0.4, -0.2) is 14.2 Å². The van der Waals surface area contributed by atoms with Gasteiger partial charge in [-0.05, 0) is 95.6 Å². The molecule has 0 amide bonds. The van der Waals surface area contributed by atoms with Gasteiger partial charge in [0.05, 0.1) is 18.0 Å². The third kappa shape index (κ3) is 3.27. The SMILES string of the molecule is Cc1cc(-c2cccnc2)cc(C)c1-c1cn2[n+](c1)C13c4c(cccc4-2)Oc2ccc4c5ccccc5n(c4c21)-c1cc(C(C)(C)C)cc[n+]13. The number of rotatable bonds is 2. The zero-order chi connectivity index (χ0) is 33.7. The summed E-state index contributed by atoms with van der Waals surface area (Å²) < 4.78 is 16.7. The Labute approximate surface area is 290 Å². The fourth-order valence-corrected chi connectivity index (χ4v) is 9.17. The first-order valence-electron chi connectivity index (χ1n) is 17.4. The lowest BCUT2D eigenvalue weighted by molar-refractivity contribution is -0.993. The highest BCUT2D eigenvalue weighted by Gasteiger charge is 2.68. The molecule has 4 aromatic heterocycles. The minimum absolute atomic E-state index is 0.0244. The van der Waals surface area contributed by atoms with Crippen LogP contribution in [0.5, 0.6) is 11.5 Å². The Morgan fingerprint density at radius 1 is 0.760 bits per heavy atom. The van der Waals surface area contributed by atoms with Crippen molar-refractivity contribution < 1.29 is 14.0 Å². The maximum Gasteiger partial charge on any atom is 0.397 e. The normalized spacial score (nSPS) is 16.3. The van der Waals surface area contributed by atoms with Crippen molar-refractivity contribution in [1.29, 1.82) is 0 Å². The minimum atomic E-state index is -0.717. The predicted octanol–water partition coefficient (Wildman–Crippen LogP) is 8.82. The van der Waals surface area contributed by atoms with Crippen molar-refractivity contribution in [2.45, 2.75) is 45.7 Å². The van der Waals surface area contributed by atoms with E-state index in [1.165, 1.54) is 60.8 Å². The maximum atomic E-state index is 6.87. The largest absolute Gasteiger partial charge is 0.456 e. The first-order chi connectivity index (χ1) is 24.2. The van der Waals surface area contributed by atoms with Gasteiger partial charge in [0.25, 0.3) is 5.82 Å². The Morgan fingerprint density at radius 3 is 2.38 bits per heavy atom. The zero-order valence-electron chi connectivity index (χ0n) is 28.7. The van der Waals surface area contributed by atoms with Gasteiger partial charge in [-0.2, -0.15) is 9.13 Å². The quantitative estimate of drug-likeness (QED) is 0.176. The van der Waals surface area contributed by atoms with Crippen molar-refractivity contribution in [2.24, 2.45) is 0 Å². The number of ether oxygens (including phenoxy) is 1. The predicted molar refractivity (Wildman–Crippen MR) is 195 cm³/mol. The molecule has 0 saturated carbocycles. The number of fused-ring (bicyclic) bond motifs is 7. The number of pyridine rings is 2. The third-order valence-electron chi connectivity index (χ3n) is 11.2. The van der Waals surface area contributed by atoms with Gasteiger partial charge in [-0.1, -0.05) is 61.9 Å². The van der Waals surface area contributed by atoms with E-state index in [4.69, 9.17) is 4.74 Å². The fraction of sp³-hybridized carbons (Fsp3) is 0.159. The lowest BCUT2D eigenvalue weighted by atomic mass is 9.83. The highest BCUT2D eigenvalue weighted by Crippen LogP contribution is 2.55. The summed E-state index contributed by atoms with van der Waals surface area (Å²) >= 11 is 0. The smallest absolute Gasteiger partial charge is 0.397 e. The molecular weight excluding hydrogens is 615 g/mol. The molecule has 0 bridgehead atoms. The number of para-hydroxylation sites is 1. The van der Waals surface area contributed by atoms with Crippen molar-refractivity contribution in [2.75, 3.05) is 0 Å². The minimum Gasteiger partial charge on any atom is -0.456 e. The number of nitrogens with zero attached hydrogens (tertiary/aromatic N) is 5. The van der Waals surface area contributed by atoms with Crippen molar-refractivity contribution in [3.8, 4) is 45.3 Å². The van der Waals surface area contributed by atoms with E-state index in [9.17, 15) is 0 Å². The second kappa shape index (κ2) is 9.16. The van der Waals surface area contributed by atoms with Crippen molar-refractivity contribution in [3.05, 3.63) is 150 Å². The molecule has 4 aromatic carbocycles. The summed E-state index contributed by atoms with van der Waals surface area (Å²) in [6.45, 7) is 11.3. The van der Waals surface area contributed by atoms with Crippen molar-refractivity contribution in [1.82, 2.24) is 14.2 Å². The Hall–Kier alpha value is -6.01. The average molecular weight is 650 g/mol. The second-order valence-corrected chi connectivity index (χ2v) is 15.1. The molecule has 0 saturated heterocycles. The van der Waals surface area contributed by atoms with Crippen LogP contribution in [-0.2, 0) is 11.1 Å². The summed E-state index contributed by atoms with van der Waals surface area (Å²) in [5.74, 6) is 2.93. The first-order valence-corrected chi connectivity index (χ1v) is 17.4. The van der Waals surface area contributed by atoms with Crippen LogP contribution >= 0.6 is 0 Å². The number of hydrogen-bond acceptors (Lipinski definition) is 2. The van der Waals surface area contributed by atoms with Gasteiger partial charge in [0.15, 0.2) is 11.1 Å². The van der Waals surface area contributed by atoms with Gasteiger partial charge in [0.2, 0.25) is 6.20 Å². The van der Waals surface area contributed by atoms with Gasteiger partial charge in [-0.15, -0.1) is 4.68 Å². The molecule has 11 rings (SSSR count). The van der Waals surface area contributed by atoms with E-state index in [-0.39, 0.29) is 5.41 Å². The van der Waals surface area contributed by atoms with E-state index in [0.29, 0.717) is 0 Å². The van der Waals surface area contributed by atoms with Crippen LogP contribution in [0.1, 0.15) is 48.6 Å². The molecule has 50 heavy (non-hydrogen) atoms. The van der Waals surface area contributed by atoms with Crippen LogP contribution in [0.2, 0.25) is 0 Å². The van der Waals surface area contributed by atoms with Gasteiger partial charge in [-0.25, -0.2) is 0 Å². The highest BCUT2D eigenvalue weighted by atomic mass is 16.5. The molecule has 0 radical (unpaired) electrons. The van der Waals surface area contributed by atoms with Gasteiger partial charge in [0.1, 0.15) is 28.3 Å². The van der Waals surface area contributed by atoms with E-state index >= 15 is 0 Å². The molecule has 1 spiro atoms. The summed E-state index contributed by atoms with van der Waals surface area (Å²) in [6, 6.07) is 33.1. The number of benzene rings is 4. The fourth-order valence-electron chi connectivity index (χ4n) is 9.17. The molecule has 0 fully saturated rings. The summed E-state index contributed by atoms with van der Waals surface area (Å²) in [5.41, 5.74) is 13.6. The standard InChI is InChI=1S/C44H35N5O/c1-26-20-29(28-10-9-18-45-23-28)21-27(2)39(26)30-24-47-35-13-8-14-36-40(35)44(48(47)25-30)41-37(50-36)16-15-33-32-11-6-7-12-34(32)49(42(33)41)38-22-31(43(3,4)5)17-19-46(38)44/h6-25H,1-5H3/q+2. The Morgan fingerprint density at radius 2 is 1.58 bits per heavy atom. The molecule has 7 heterocycles. The van der Waals surface area contributed by atoms with Gasteiger partial charge in [0, 0.05) is 34.8 Å². The summed E-state index contributed by atoms with van der Waals surface area (Å²) in [5, 5.41) is 2.48. The summed E-state index contributed by atoms with van der Waals surface area (Å²) in [7, 11) is 0. The molecule has 8 aromatic rings. The molecule has 1 unspecified atom stereocenters. The maximum absolute atomic E-state index is 6.87. The van der Waals surface area contributed by atoms with Crippen LogP contribution in [0.4, 0.5) is 0 Å². The van der Waals surface area contributed by atoms with Crippen molar-refractivity contribution in [3.63, 3.8) is 0 Å². The van der Waals surface area contributed by atoms with Crippen LogP contribution in [0.3, 0.4) is 0 Å². The van der Waals surface area contributed by atoms with E-state index in [1.54, 1.807) is 0 Å². The molecule has 240 valence electrons. The number of aromatic nitrogens is 5. The van der Waals surface area contributed by atoms with E-state index in [1.807, 2.05) is 18.5 Å². The lowest BCUT2D eigenvalue weighted by Crippen LogP contribution is -2.76. The molecule has 0 aliphatic carbocycles. The average Bonchev–Trinajstić information content (AvgIpc) is 3.77. The Balaban J connectivity index is 1.27. The summed E-state index contributed by atoms with van der Waals surface area (Å²) in [6.07, 6.45) is 10.8. The van der Waals surface area contributed by atoms with Crippen molar-refractivity contribution >= 4 is 21.8 Å². The van der Waals surface area contributed by atoms with Gasteiger partial charge in [-0.3, -0.25) is 4.98 Å². The van der Waals surface area contributed by atoms with Gasteiger partial charge < -0.3 is 4.74 Å². The molecule has 3 aliphatic rings. The summed E-state index contributed by atoms with van der Waals surface area (Å²) in [4.78, 5) is 4.38. The number of aryl methyl sites for hydroxylation is 2. The Bertz CT molecular complexity index is 2780. The highest BCUT2D eigenvalue weighted by molar-refractivity contribution is 6.11. The van der Waals surface area contributed by atoms with Crippen LogP contribution in [0.15, 0.2) is 122 Å². The monoisotopic (exact) mass is 649 g/mol. The lowest BCUT2D eigenvalue weighted by Gasteiger charge is -2.33. The van der Waals surface area contributed by atoms with Gasteiger partial charge >= 0.3 is 5.66 Å². The Kier molecular flexibility index (Phi) is 5.11. The van der Waals surface area contributed by atoms with E-state index in [2.05, 4.69) is 162 Å². The number of hydrogen-bond donors (Lipinski definition) is 0. The topological polar surface area (TPSA) is 39.7 Å². The van der Waals surface area contributed by atoms with Crippen LogP contribution < -0.4 is 14.0 Å². The molecule has 3 aliphatic heterocycles. The van der Waals surface area contributed by atoms with Crippen LogP contribution in [0.25, 0.3) is 55.6 Å². The molecule has 0 N–H and O–H groups in total.